The van der Waals surface area contributed by atoms with E-state index in [1.165, 1.54) is 0 Å². The zero-order valence-electron chi connectivity index (χ0n) is 10.1. The predicted molar refractivity (Wildman–Crippen MR) is 67.1 cm³/mol. The number of carbonyl (C=O) groups is 1. The van der Waals surface area contributed by atoms with Crippen LogP contribution in [0, 0.1) is 0 Å². The highest BCUT2D eigenvalue weighted by Gasteiger charge is 2.16. The van der Waals surface area contributed by atoms with Gasteiger partial charge in [-0.2, -0.15) is 0 Å². The first-order valence-corrected chi connectivity index (χ1v) is 5.98. The number of rotatable bonds is 6. The lowest BCUT2D eigenvalue weighted by Crippen LogP contribution is -2.20. The molecule has 17 heavy (non-hydrogen) atoms. The van der Waals surface area contributed by atoms with Gasteiger partial charge in [0.2, 0.25) is 0 Å². The summed E-state index contributed by atoms with van der Waals surface area (Å²) in [5.74, 6) is -0.369. The van der Waals surface area contributed by atoms with Crippen molar-refractivity contribution in [1.29, 1.82) is 0 Å². The van der Waals surface area contributed by atoms with E-state index in [-0.39, 0.29) is 5.97 Å². The fourth-order valence-electron chi connectivity index (χ4n) is 1.54. The van der Waals surface area contributed by atoms with Crippen molar-refractivity contribution in [1.82, 2.24) is 0 Å². The molecule has 1 atom stereocenters. The summed E-state index contributed by atoms with van der Waals surface area (Å²) in [7, 11) is 1.65. The molecule has 0 spiro atoms. The maximum Gasteiger partial charge on any atom is 0.324 e. The van der Waals surface area contributed by atoms with Crippen molar-refractivity contribution in [2.75, 3.05) is 13.7 Å². The highest BCUT2D eigenvalue weighted by molar-refractivity contribution is 6.30. The molecule has 4 heteroatoms. The molecule has 0 aliphatic rings. The Labute approximate surface area is 107 Å². The molecule has 3 nitrogen and oxygen atoms in total. The van der Waals surface area contributed by atoms with Crippen LogP contribution in [0.25, 0.3) is 0 Å². The predicted octanol–water partition coefficient (Wildman–Crippen LogP) is 2.55. The first kappa shape index (κ1) is 14.0. The van der Waals surface area contributed by atoms with Crippen LogP contribution in [0.2, 0.25) is 0 Å². The van der Waals surface area contributed by atoms with E-state index in [0.29, 0.717) is 19.6 Å². The fraction of sp³-hybridized carbons (Fsp3) is 0.462. The monoisotopic (exact) mass is 256 g/mol. The van der Waals surface area contributed by atoms with Gasteiger partial charge in [-0.05, 0) is 24.5 Å². The number of halogens is 1. The third-order valence-corrected chi connectivity index (χ3v) is 2.59. The highest BCUT2D eigenvalue weighted by Crippen LogP contribution is 2.12. The van der Waals surface area contributed by atoms with Crippen LogP contribution in [-0.2, 0) is 27.3 Å². The first-order valence-electron chi connectivity index (χ1n) is 5.54. The maximum absolute atomic E-state index is 11.4. The third kappa shape index (κ3) is 4.75. The molecule has 1 rings (SSSR count). The minimum Gasteiger partial charge on any atom is -0.465 e. The largest absolute Gasteiger partial charge is 0.465 e. The SMILES string of the molecule is CCOC(=O)C(Cl)Cc1cccc(COC)c1. The second-order valence-electron chi connectivity index (χ2n) is 3.68. The number of esters is 1. The molecular weight excluding hydrogens is 240 g/mol. The Balaban J connectivity index is 2.61. The summed E-state index contributed by atoms with van der Waals surface area (Å²) in [5, 5.41) is -0.632. The molecule has 0 aliphatic heterocycles. The van der Waals surface area contributed by atoms with Crippen molar-refractivity contribution in [2.24, 2.45) is 0 Å². The van der Waals surface area contributed by atoms with Crippen molar-refractivity contribution in [3.8, 4) is 0 Å². The molecule has 0 saturated carbocycles. The molecule has 94 valence electrons. The molecule has 0 bridgehead atoms. The lowest BCUT2D eigenvalue weighted by atomic mass is 10.1. The van der Waals surface area contributed by atoms with Crippen molar-refractivity contribution < 1.29 is 14.3 Å². The van der Waals surface area contributed by atoms with E-state index in [9.17, 15) is 4.79 Å². The topological polar surface area (TPSA) is 35.5 Å². The quantitative estimate of drug-likeness (QED) is 0.580. The molecule has 1 aromatic rings. The Morgan fingerprint density at radius 1 is 1.41 bits per heavy atom. The molecule has 0 radical (unpaired) electrons. The molecule has 0 N–H and O–H groups in total. The summed E-state index contributed by atoms with van der Waals surface area (Å²) < 4.78 is 9.91. The Morgan fingerprint density at radius 2 is 2.12 bits per heavy atom. The normalized spacial score (nSPS) is 12.2. The summed E-state index contributed by atoms with van der Waals surface area (Å²) in [5.41, 5.74) is 2.07. The van der Waals surface area contributed by atoms with Gasteiger partial charge in [-0.1, -0.05) is 24.3 Å². The minimum absolute atomic E-state index is 0.353. The van der Waals surface area contributed by atoms with E-state index in [1.807, 2.05) is 24.3 Å². The molecular formula is C13H17ClO3. The van der Waals surface area contributed by atoms with Crippen LogP contribution in [0.5, 0.6) is 0 Å². The smallest absolute Gasteiger partial charge is 0.324 e. The second-order valence-corrected chi connectivity index (χ2v) is 4.20. The lowest BCUT2D eigenvalue weighted by molar-refractivity contribution is -0.142. The highest BCUT2D eigenvalue weighted by atomic mass is 35.5. The van der Waals surface area contributed by atoms with E-state index in [1.54, 1.807) is 14.0 Å². The molecule has 1 aromatic carbocycles. The average molecular weight is 257 g/mol. The van der Waals surface area contributed by atoms with Gasteiger partial charge in [0, 0.05) is 7.11 Å². The third-order valence-electron chi connectivity index (χ3n) is 2.26. The molecule has 0 fully saturated rings. The number of ether oxygens (including phenoxy) is 2. The zero-order chi connectivity index (χ0) is 12.7. The summed E-state index contributed by atoms with van der Waals surface area (Å²) >= 11 is 5.97. The molecule has 0 aromatic heterocycles. The second kappa shape index (κ2) is 7.30. The van der Waals surface area contributed by atoms with Gasteiger partial charge in [0.15, 0.2) is 0 Å². The number of hydrogen-bond acceptors (Lipinski definition) is 3. The van der Waals surface area contributed by atoms with Crippen molar-refractivity contribution >= 4 is 17.6 Å². The van der Waals surface area contributed by atoms with E-state index in [4.69, 9.17) is 21.1 Å². The molecule has 0 amide bonds. The Kier molecular flexibility index (Phi) is 6.01. The average Bonchev–Trinajstić information content (AvgIpc) is 2.30. The van der Waals surface area contributed by atoms with E-state index in [0.717, 1.165) is 11.1 Å². The Hall–Kier alpha value is -1.06. The van der Waals surface area contributed by atoms with Gasteiger partial charge in [0.05, 0.1) is 13.2 Å². The number of alkyl halides is 1. The van der Waals surface area contributed by atoms with Crippen LogP contribution >= 0.6 is 11.6 Å². The number of methoxy groups -OCH3 is 1. The standard InChI is InChI=1S/C13H17ClO3/c1-3-17-13(15)12(14)8-10-5-4-6-11(7-10)9-16-2/h4-7,12H,3,8-9H2,1-2H3. The van der Waals surface area contributed by atoms with Gasteiger partial charge in [-0.25, -0.2) is 0 Å². The summed E-state index contributed by atoms with van der Waals surface area (Å²) in [6.07, 6.45) is 0.470. The Morgan fingerprint density at radius 3 is 2.76 bits per heavy atom. The van der Waals surface area contributed by atoms with Gasteiger partial charge in [0.25, 0.3) is 0 Å². The number of hydrogen-bond donors (Lipinski definition) is 0. The van der Waals surface area contributed by atoms with Crippen LogP contribution in [0.3, 0.4) is 0 Å². The summed E-state index contributed by atoms with van der Waals surface area (Å²) in [6, 6.07) is 7.82. The fourth-order valence-corrected chi connectivity index (χ4v) is 1.78. The first-order chi connectivity index (χ1) is 8.17. The lowest BCUT2D eigenvalue weighted by Gasteiger charge is -2.09. The van der Waals surface area contributed by atoms with Crippen LogP contribution in [0.15, 0.2) is 24.3 Å². The van der Waals surface area contributed by atoms with Crippen LogP contribution in [-0.4, -0.2) is 25.1 Å². The zero-order valence-corrected chi connectivity index (χ0v) is 10.9. The van der Waals surface area contributed by atoms with Crippen LogP contribution in [0.4, 0.5) is 0 Å². The van der Waals surface area contributed by atoms with Gasteiger partial charge in [-0.15, -0.1) is 11.6 Å². The summed E-state index contributed by atoms with van der Waals surface area (Å²) in [4.78, 5) is 11.4. The van der Waals surface area contributed by atoms with Gasteiger partial charge in [-0.3, -0.25) is 4.79 Å². The van der Waals surface area contributed by atoms with Gasteiger partial charge in [0.1, 0.15) is 5.38 Å². The number of benzene rings is 1. The molecule has 0 heterocycles. The van der Waals surface area contributed by atoms with E-state index >= 15 is 0 Å². The van der Waals surface area contributed by atoms with Crippen LogP contribution < -0.4 is 0 Å². The van der Waals surface area contributed by atoms with Crippen molar-refractivity contribution in [2.45, 2.75) is 25.3 Å². The van der Waals surface area contributed by atoms with Crippen molar-refractivity contribution in [3.05, 3.63) is 35.4 Å². The minimum atomic E-state index is -0.632. The molecule has 1 unspecified atom stereocenters. The Bertz CT molecular complexity index is 365. The van der Waals surface area contributed by atoms with Gasteiger partial charge < -0.3 is 9.47 Å². The molecule has 0 aliphatic carbocycles. The number of carbonyl (C=O) groups excluding carboxylic acids is 1. The van der Waals surface area contributed by atoms with Crippen LogP contribution in [0.1, 0.15) is 18.1 Å². The van der Waals surface area contributed by atoms with E-state index in [2.05, 4.69) is 0 Å². The maximum atomic E-state index is 11.4. The summed E-state index contributed by atoms with van der Waals surface area (Å²) in [6.45, 7) is 2.67. The molecule has 0 saturated heterocycles. The van der Waals surface area contributed by atoms with Crippen molar-refractivity contribution in [3.63, 3.8) is 0 Å². The van der Waals surface area contributed by atoms with E-state index < -0.39 is 5.38 Å². The van der Waals surface area contributed by atoms with Gasteiger partial charge >= 0.3 is 5.97 Å².